The van der Waals surface area contributed by atoms with Crippen molar-refractivity contribution in [1.82, 2.24) is 9.88 Å². The monoisotopic (exact) mass is 440 g/mol. The van der Waals surface area contributed by atoms with Crippen molar-refractivity contribution in [3.05, 3.63) is 65.4 Å². The Kier molecular flexibility index (Phi) is 5.17. The lowest BCUT2D eigenvalue weighted by molar-refractivity contribution is -0.111. The zero-order valence-corrected chi connectivity index (χ0v) is 18.9. The van der Waals surface area contributed by atoms with Crippen LogP contribution >= 0.6 is 0 Å². The number of methoxy groups -OCH3 is 1. The molecule has 1 aliphatic heterocycles. The minimum Gasteiger partial charge on any atom is -0.361 e. The number of piperidine rings is 1. The van der Waals surface area contributed by atoms with Crippen LogP contribution in [0.25, 0.3) is 10.9 Å². The zero-order chi connectivity index (χ0) is 21.8. The van der Waals surface area contributed by atoms with Gasteiger partial charge in [0.2, 0.25) is 0 Å². The molecule has 31 heavy (non-hydrogen) atoms. The molecule has 2 unspecified atom stereocenters. The molecule has 0 bridgehead atoms. The van der Waals surface area contributed by atoms with Crippen LogP contribution in [0.5, 0.6) is 0 Å². The Morgan fingerprint density at radius 2 is 1.94 bits per heavy atom. The lowest BCUT2D eigenvalue weighted by Gasteiger charge is -2.46. The van der Waals surface area contributed by atoms with E-state index >= 15 is 0 Å². The Balaban J connectivity index is 1.43. The average molecular weight is 441 g/mol. The summed E-state index contributed by atoms with van der Waals surface area (Å²) in [6.07, 6.45) is 3.10. The van der Waals surface area contributed by atoms with Crippen LogP contribution in [-0.2, 0) is 25.5 Å². The molecule has 7 heteroatoms. The van der Waals surface area contributed by atoms with Crippen molar-refractivity contribution in [3.8, 4) is 0 Å². The maximum Gasteiger partial charge on any atom is 0.299 e. The molecule has 4 atom stereocenters. The largest absolute Gasteiger partial charge is 0.361 e. The summed E-state index contributed by atoms with van der Waals surface area (Å²) in [5, 5.41) is 1.32. The Labute approximate surface area is 183 Å². The molecule has 1 fully saturated rings. The van der Waals surface area contributed by atoms with Gasteiger partial charge in [-0.3, -0.25) is 0 Å². The minimum absolute atomic E-state index is 0.0628. The molecule has 6 nitrogen and oxygen atoms in total. The molecule has 1 aliphatic carbocycles. The number of hydrogen-bond acceptors (Lipinski definition) is 5. The van der Waals surface area contributed by atoms with E-state index in [0.717, 1.165) is 30.5 Å². The molecular formula is C24H28N2O4S. The second kappa shape index (κ2) is 7.74. The smallest absolute Gasteiger partial charge is 0.299 e. The number of likely N-dealkylation sites (N-methyl/N-ethyl adjacent to an activating group) is 1. The van der Waals surface area contributed by atoms with Crippen LogP contribution in [0.3, 0.4) is 0 Å². The fourth-order valence-electron chi connectivity index (χ4n) is 5.38. The maximum atomic E-state index is 12.9. The fourth-order valence-corrected chi connectivity index (χ4v) is 6.44. The lowest BCUT2D eigenvalue weighted by atomic mass is 9.72. The number of H-pyrrole nitrogens is 1. The van der Waals surface area contributed by atoms with Gasteiger partial charge < -0.3 is 14.6 Å². The normalized spacial score (nSPS) is 24.8. The summed E-state index contributed by atoms with van der Waals surface area (Å²) in [5.74, 6) is 0.242. The van der Waals surface area contributed by atoms with Crippen molar-refractivity contribution in [2.45, 2.75) is 42.9 Å². The second-order valence-electron chi connectivity index (χ2n) is 8.86. The van der Waals surface area contributed by atoms with Crippen LogP contribution in [-0.4, -0.2) is 51.3 Å². The van der Waals surface area contributed by atoms with Gasteiger partial charge >= 0.3 is 0 Å². The number of hydrogen-bond donors (Lipinski definition) is 1. The first-order valence-electron chi connectivity index (χ1n) is 10.7. The molecule has 2 heterocycles. The molecule has 0 saturated carbocycles. The van der Waals surface area contributed by atoms with E-state index in [1.165, 1.54) is 23.6 Å². The van der Waals surface area contributed by atoms with Gasteiger partial charge in [-0.1, -0.05) is 29.8 Å². The standard InChI is InChI=1S/C24H28N2O4S/c1-15-7-9-18(10-8-15)31(27,28)30-24(29-3)17-11-20-19-5-4-6-21-23(19)16(13-25-21)12-22(20)26(2)14-17/h4-10,13,17,20,22,24-25H,11-12,14H2,1-3H3/t17-,20?,22-,24?/m1/s1. The number of ether oxygens (including phenoxy) is 1. The molecule has 0 spiro atoms. The fraction of sp³-hybridized carbons (Fsp3) is 0.417. The number of rotatable bonds is 5. The van der Waals surface area contributed by atoms with Crippen LogP contribution in [0, 0.1) is 12.8 Å². The van der Waals surface area contributed by atoms with Crippen LogP contribution in [0.2, 0.25) is 0 Å². The van der Waals surface area contributed by atoms with Crippen molar-refractivity contribution in [1.29, 1.82) is 0 Å². The maximum absolute atomic E-state index is 12.9. The number of nitrogens with zero attached hydrogens (tertiary/aromatic N) is 1. The van der Waals surface area contributed by atoms with E-state index in [1.807, 2.05) is 6.92 Å². The SMILES string of the molecule is COC(OS(=O)(=O)c1ccc(C)cc1)[C@@H]1CC2c3cccc4[nH]cc(c34)C[C@H]2N(C)C1. The first-order chi connectivity index (χ1) is 14.9. The van der Waals surface area contributed by atoms with Gasteiger partial charge in [-0.2, -0.15) is 8.42 Å². The molecule has 5 rings (SSSR count). The molecule has 1 N–H and O–H groups in total. The summed E-state index contributed by atoms with van der Waals surface area (Å²) in [4.78, 5) is 5.88. The van der Waals surface area contributed by atoms with Gasteiger partial charge in [-0.25, -0.2) is 4.18 Å². The van der Waals surface area contributed by atoms with Gasteiger partial charge in [0.15, 0.2) is 6.29 Å². The van der Waals surface area contributed by atoms with Gasteiger partial charge in [-0.15, -0.1) is 0 Å². The van der Waals surface area contributed by atoms with E-state index in [0.29, 0.717) is 12.0 Å². The highest BCUT2D eigenvalue weighted by Crippen LogP contribution is 2.45. The summed E-state index contributed by atoms with van der Waals surface area (Å²) < 4.78 is 37.0. The number of aryl methyl sites for hydroxylation is 1. The number of likely N-dealkylation sites (tertiary alicyclic amines) is 1. The molecule has 3 aromatic rings. The molecule has 2 aromatic carbocycles. The number of aromatic nitrogens is 1. The minimum atomic E-state index is -3.91. The molecule has 1 saturated heterocycles. The summed E-state index contributed by atoms with van der Waals surface area (Å²) in [6, 6.07) is 13.5. The third-order valence-corrected chi connectivity index (χ3v) is 8.20. The first kappa shape index (κ1) is 20.7. The molecule has 1 aromatic heterocycles. The Hall–Kier alpha value is -2.19. The lowest BCUT2D eigenvalue weighted by Crippen LogP contribution is -2.51. The predicted octanol–water partition coefficient (Wildman–Crippen LogP) is 3.81. The Bertz CT molecular complexity index is 1200. The molecule has 0 amide bonds. The molecule has 2 aliphatic rings. The van der Waals surface area contributed by atoms with Gasteiger partial charge in [0, 0.05) is 48.6 Å². The summed E-state index contributed by atoms with van der Waals surface area (Å²) in [5.41, 5.74) is 4.85. The highest BCUT2D eigenvalue weighted by Gasteiger charge is 2.43. The highest BCUT2D eigenvalue weighted by atomic mass is 32.2. The van der Waals surface area contributed by atoms with Crippen molar-refractivity contribution < 1.29 is 17.3 Å². The number of benzene rings is 2. The second-order valence-corrected chi connectivity index (χ2v) is 10.4. The van der Waals surface area contributed by atoms with Crippen LogP contribution in [0.1, 0.15) is 29.0 Å². The Morgan fingerprint density at radius 3 is 2.68 bits per heavy atom. The predicted molar refractivity (Wildman–Crippen MR) is 120 cm³/mol. The summed E-state index contributed by atoms with van der Waals surface area (Å²) >= 11 is 0. The molecule has 0 radical (unpaired) electrons. The molecule has 164 valence electrons. The number of fused-ring (bicyclic) bond motifs is 2. The average Bonchev–Trinajstić information content (AvgIpc) is 3.17. The summed E-state index contributed by atoms with van der Waals surface area (Å²) in [6.45, 7) is 2.64. The summed E-state index contributed by atoms with van der Waals surface area (Å²) in [7, 11) is -0.278. The highest BCUT2D eigenvalue weighted by molar-refractivity contribution is 7.86. The third kappa shape index (κ3) is 3.59. The third-order valence-electron chi connectivity index (χ3n) is 6.91. The topological polar surface area (TPSA) is 71.6 Å². The van der Waals surface area contributed by atoms with E-state index in [-0.39, 0.29) is 10.8 Å². The van der Waals surface area contributed by atoms with E-state index in [4.69, 9.17) is 8.92 Å². The van der Waals surface area contributed by atoms with Crippen LogP contribution < -0.4 is 0 Å². The van der Waals surface area contributed by atoms with Crippen LogP contribution in [0.15, 0.2) is 53.6 Å². The number of nitrogens with one attached hydrogen (secondary N) is 1. The van der Waals surface area contributed by atoms with Gasteiger partial charge in [0.1, 0.15) is 0 Å². The van der Waals surface area contributed by atoms with E-state index < -0.39 is 16.4 Å². The van der Waals surface area contributed by atoms with Crippen molar-refractivity contribution in [2.75, 3.05) is 20.7 Å². The van der Waals surface area contributed by atoms with Gasteiger partial charge in [0.05, 0.1) is 4.90 Å². The van der Waals surface area contributed by atoms with Crippen molar-refractivity contribution in [3.63, 3.8) is 0 Å². The quantitative estimate of drug-likeness (QED) is 0.482. The zero-order valence-electron chi connectivity index (χ0n) is 18.0. The van der Waals surface area contributed by atoms with E-state index in [9.17, 15) is 8.42 Å². The van der Waals surface area contributed by atoms with E-state index in [1.54, 1.807) is 24.3 Å². The van der Waals surface area contributed by atoms with Crippen molar-refractivity contribution in [2.24, 2.45) is 5.92 Å². The number of aromatic amines is 1. The van der Waals surface area contributed by atoms with Crippen molar-refractivity contribution >= 4 is 21.0 Å². The van der Waals surface area contributed by atoms with Crippen LogP contribution in [0.4, 0.5) is 0 Å². The Morgan fingerprint density at radius 1 is 1.16 bits per heavy atom. The van der Waals surface area contributed by atoms with E-state index in [2.05, 4.69) is 41.3 Å². The molecular weight excluding hydrogens is 412 g/mol. The van der Waals surface area contributed by atoms with Gasteiger partial charge in [0.25, 0.3) is 10.1 Å². The first-order valence-corrected chi connectivity index (χ1v) is 12.1. The van der Waals surface area contributed by atoms with Gasteiger partial charge in [-0.05, 0) is 56.1 Å².